The fourth-order valence-corrected chi connectivity index (χ4v) is 5.44. The van der Waals surface area contributed by atoms with E-state index < -0.39 is 16.2 Å². The van der Waals surface area contributed by atoms with Crippen molar-refractivity contribution in [3.63, 3.8) is 0 Å². The first-order valence-corrected chi connectivity index (χ1v) is 14.9. The van der Waals surface area contributed by atoms with Gasteiger partial charge in [0.15, 0.2) is 0 Å². The van der Waals surface area contributed by atoms with E-state index in [1.54, 1.807) is 26.2 Å². The van der Waals surface area contributed by atoms with E-state index >= 15 is 0 Å². The Morgan fingerprint density at radius 3 is 1.68 bits per heavy atom. The zero-order valence-electron chi connectivity index (χ0n) is 23.5. The average Bonchev–Trinajstić information content (AvgIpc) is 2.83. The first-order valence-electron chi connectivity index (χ1n) is 13.5. The van der Waals surface area contributed by atoms with Crippen molar-refractivity contribution in [2.45, 2.75) is 113 Å². The van der Waals surface area contributed by atoms with Gasteiger partial charge in [0.1, 0.15) is 0 Å². The lowest BCUT2D eigenvalue weighted by atomic mass is 9.91. The quantitative estimate of drug-likeness (QED) is 0.344. The predicted molar refractivity (Wildman–Crippen MR) is 150 cm³/mol. The van der Waals surface area contributed by atoms with Crippen LogP contribution in [-0.4, -0.2) is 72.2 Å². The summed E-state index contributed by atoms with van der Waals surface area (Å²) in [5, 5.41) is 3.56. The lowest BCUT2D eigenvalue weighted by Crippen LogP contribution is -2.43. The molecule has 0 aliphatic heterocycles. The minimum atomic E-state index is -3.68. The maximum Gasteiger partial charge on any atom is 0.297 e. The van der Waals surface area contributed by atoms with E-state index in [4.69, 9.17) is 30.9 Å². The highest BCUT2D eigenvalue weighted by atomic mass is 32.2. The van der Waals surface area contributed by atoms with Gasteiger partial charge in [-0.25, -0.2) is 0 Å². The number of hydrogen-bond acceptors (Lipinski definition) is 9. The van der Waals surface area contributed by atoms with Crippen molar-refractivity contribution in [3.05, 3.63) is 29.8 Å². The molecule has 0 unspecified atom stereocenters. The summed E-state index contributed by atoms with van der Waals surface area (Å²) in [4.78, 5) is 0.168. The molecule has 0 heterocycles. The molecule has 0 aromatic heterocycles. The zero-order valence-corrected chi connectivity index (χ0v) is 24.3. The first kappa shape index (κ1) is 33.9. The summed E-state index contributed by atoms with van der Waals surface area (Å²) in [7, 11) is -0.435. The SMILES string of the molecule is COC[C@@H](C)NC1CCC(N)CC1.COC[C@H](C)OS(=O)(=O)c1ccc(C)cc1.NC1CCC(N)CC1. The van der Waals surface area contributed by atoms with Crippen LogP contribution >= 0.6 is 0 Å². The largest absolute Gasteiger partial charge is 0.383 e. The van der Waals surface area contributed by atoms with Crippen LogP contribution < -0.4 is 22.5 Å². The van der Waals surface area contributed by atoms with Crippen LogP contribution in [0.15, 0.2) is 29.2 Å². The Morgan fingerprint density at radius 2 is 1.24 bits per heavy atom. The highest BCUT2D eigenvalue weighted by Gasteiger charge is 2.20. The summed E-state index contributed by atoms with van der Waals surface area (Å²) in [5.74, 6) is 0. The summed E-state index contributed by atoms with van der Waals surface area (Å²) in [6.07, 6.45) is 8.78. The van der Waals surface area contributed by atoms with Crippen LogP contribution in [-0.2, 0) is 23.8 Å². The number of rotatable bonds is 9. The van der Waals surface area contributed by atoms with E-state index in [2.05, 4.69) is 12.2 Å². The van der Waals surface area contributed by atoms with Crippen LogP contribution in [0.25, 0.3) is 0 Å². The van der Waals surface area contributed by atoms with Crippen LogP contribution in [0.1, 0.15) is 70.8 Å². The van der Waals surface area contributed by atoms with Crippen molar-refractivity contribution in [3.8, 4) is 0 Å². The topological polar surface area (TPSA) is 152 Å². The van der Waals surface area contributed by atoms with E-state index in [0.717, 1.165) is 50.7 Å². The minimum Gasteiger partial charge on any atom is -0.383 e. The van der Waals surface area contributed by atoms with Crippen molar-refractivity contribution in [1.29, 1.82) is 0 Å². The molecule has 37 heavy (non-hydrogen) atoms. The number of methoxy groups -OCH3 is 2. The number of benzene rings is 1. The van der Waals surface area contributed by atoms with E-state index in [1.165, 1.54) is 32.1 Å². The van der Waals surface area contributed by atoms with Gasteiger partial charge >= 0.3 is 0 Å². The molecule has 2 saturated carbocycles. The Balaban J connectivity index is 0.000000292. The molecule has 2 atom stereocenters. The molecule has 0 saturated heterocycles. The average molecular weight is 545 g/mol. The Kier molecular flexibility index (Phi) is 16.7. The monoisotopic (exact) mass is 544 g/mol. The standard InChI is InChI=1S/C11H16O4S.C10H22N2O.C6H14N2/c1-9-4-6-11(7-5-9)16(12,13)15-10(2)8-14-3;1-8(7-13-2)12-10-5-3-9(11)4-6-10;7-5-1-2-6(8)4-3-5/h4-7,10H,8H2,1-3H3;8-10,12H,3-7,11H2,1-2H3;5-6H,1-4,7-8H2/t10-;8-,9?,10?;/m01./s1. The van der Waals surface area contributed by atoms with E-state index in [9.17, 15) is 8.42 Å². The van der Waals surface area contributed by atoms with Gasteiger partial charge in [0.05, 0.1) is 24.2 Å². The Morgan fingerprint density at radius 1 is 0.811 bits per heavy atom. The minimum absolute atomic E-state index is 0.168. The fourth-order valence-electron chi connectivity index (χ4n) is 4.37. The highest BCUT2D eigenvalue weighted by molar-refractivity contribution is 7.86. The number of nitrogens with one attached hydrogen (secondary N) is 1. The first-order chi connectivity index (χ1) is 17.5. The Bertz CT molecular complexity index is 799. The van der Waals surface area contributed by atoms with Gasteiger partial charge in [-0.3, -0.25) is 4.18 Å². The molecule has 2 aliphatic rings. The molecule has 216 valence electrons. The number of ether oxygens (including phenoxy) is 2. The van der Waals surface area contributed by atoms with Crippen LogP contribution in [0.4, 0.5) is 0 Å². The van der Waals surface area contributed by atoms with Gasteiger partial charge in [-0.2, -0.15) is 8.42 Å². The zero-order chi connectivity index (χ0) is 27.8. The molecule has 1 aromatic carbocycles. The Hall–Kier alpha value is -1.11. The molecule has 9 nitrogen and oxygen atoms in total. The third kappa shape index (κ3) is 15.2. The lowest BCUT2D eigenvalue weighted by Gasteiger charge is -2.29. The molecular weight excluding hydrogens is 492 g/mol. The summed E-state index contributed by atoms with van der Waals surface area (Å²) < 4.78 is 38.3. The number of aryl methyl sites for hydroxylation is 1. The molecule has 0 amide bonds. The molecule has 0 radical (unpaired) electrons. The van der Waals surface area contributed by atoms with Crippen LogP contribution in [0.2, 0.25) is 0 Å². The fraction of sp³-hybridized carbons (Fsp3) is 0.778. The molecular formula is C27H52N4O5S. The predicted octanol–water partition coefficient (Wildman–Crippen LogP) is 2.83. The number of hydrogen-bond donors (Lipinski definition) is 4. The second-order valence-corrected chi connectivity index (χ2v) is 12.0. The van der Waals surface area contributed by atoms with Gasteiger partial charge in [0.2, 0.25) is 0 Å². The second kappa shape index (κ2) is 18.2. The number of nitrogens with two attached hydrogens (primary N) is 3. The molecule has 3 rings (SSSR count). The normalized spacial score (nSPS) is 25.6. The van der Waals surface area contributed by atoms with Gasteiger partial charge in [0.25, 0.3) is 10.1 Å². The van der Waals surface area contributed by atoms with Crippen LogP contribution in [0.5, 0.6) is 0 Å². The maximum atomic E-state index is 11.8. The van der Waals surface area contributed by atoms with Crippen LogP contribution in [0.3, 0.4) is 0 Å². The summed E-state index contributed by atoms with van der Waals surface area (Å²) in [5.41, 5.74) is 18.1. The van der Waals surface area contributed by atoms with Gasteiger partial charge in [-0.15, -0.1) is 0 Å². The Labute approximate surface area is 225 Å². The van der Waals surface area contributed by atoms with Crippen molar-refractivity contribution < 1.29 is 22.1 Å². The molecule has 2 fully saturated rings. The van der Waals surface area contributed by atoms with Gasteiger partial charge in [-0.1, -0.05) is 17.7 Å². The summed E-state index contributed by atoms with van der Waals surface area (Å²) >= 11 is 0. The highest BCUT2D eigenvalue weighted by Crippen LogP contribution is 2.17. The molecule has 0 spiro atoms. The summed E-state index contributed by atoms with van der Waals surface area (Å²) in [6.45, 7) is 6.74. The second-order valence-electron chi connectivity index (χ2n) is 10.4. The smallest absolute Gasteiger partial charge is 0.297 e. The molecule has 0 bridgehead atoms. The third-order valence-corrected chi connectivity index (χ3v) is 7.96. The van der Waals surface area contributed by atoms with Crippen molar-refractivity contribution in [2.24, 2.45) is 17.2 Å². The van der Waals surface area contributed by atoms with Crippen molar-refractivity contribution in [2.75, 3.05) is 27.4 Å². The molecule has 1 aromatic rings. The van der Waals surface area contributed by atoms with E-state index in [0.29, 0.717) is 30.2 Å². The molecule has 7 N–H and O–H groups in total. The molecule has 2 aliphatic carbocycles. The van der Waals surface area contributed by atoms with Crippen molar-refractivity contribution in [1.82, 2.24) is 5.32 Å². The van der Waals surface area contributed by atoms with Crippen LogP contribution in [0, 0.1) is 6.92 Å². The third-order valence-electron chi connectivity index (χ3n) is 6.53. The van der Waals surface area contributed by atoms with E-state index in [1.807, 2.05) is 6.92 Å². The van der Waals surface area contributed by atoms with Gasteiger partial charge in [-0.05, 0) is 84.3 Å². The van der Waals surface area contributed by atoms with Gasteiger partial charge in [0, 0.05) is 44.4 Å². The van der Waals surface area contributed by atoms with E-state index in [-0.39, 0.29) is 11.5 Å². The summed E-state index contributed by atoms with van der Waals surface area (Å²) in [6, 6.07) is 8.97. The molecule has 10 heteroatoms. The van der Waals surface area contributed by atoms with Gasteiger partial charge < -0.3 is 32.0 Å². The maximum absolute atomic E-state index is 11.8. The lowest BCUT2D eigenvalue weighted by molar-refractivity contribution is 0.0962. The van der Waals surface area contributed by atoms with Crippen molar-refractivity contribution >= 4 is 10.1 Å².